The highest BCUT2D eigenvalue weighted by Crippen LogP contribution is 2.36. The molecule has 3 aromatic rings. The summed E-state index contributed by atoms with van der Waals surface area (Å²) in [6.07, 6.45) is 0. The minimum absolute atomic E-state index is 0.178. The van der Waals surface area contributed by atoms with Gasteiger partial charge in [-0.1, -0.05) is 29.8 Å². The van der Waals surface area contributed by atoms with Gasteiger partial charge in [0.25, 0.3) is 5.91 Å². The molecule has 1 fully saturated rings. The maximum absolute atomic E-state index is 12.4. The van der Waals surface area contributed by atoms with Crippen molar-refractivity contribution in [2.75, 3.05) is 36.5 Å². The number of pyridine rings is 1. The standard InChI is InChI=1S/C18H16ClN3O2S/c19-15-10-13-14(25-15)11-16(20-17(13)22-6-8-24-9-7-22)21-18(23)12-4-2-1-3-5-12/h1-5,10-11H,6-9H2,(H,20,21,23). The molecule has 1 N–H and O–H groups in total. The number of nitrogens with zero attached hydrogens (tertiary/aromatic N) is 2. The van der Waals surface area contributed by atoms with Crippen molar-refractivity contribution in [2.24, 2.45) is 0 Å². The van der Waals surface area contributed by atoms with Crippen LogP contribution in [0.2, 0.25) is 4.34 Å². The molecular formula is C18H16ClN3O2S. The normalized spacial score (nSPS) is 14.7. The predicted molar refractivity (Wildman–Crippen MR) is 102 cm³/mol. The lowest BCUT2D eigenvalue weighted by atomic mass is 10.2. The van der Waals surface area contributed by atoms with Gasteiger partial charge in [-0.05, 0) is 24.3 Å². The van der Waals surface area contributed by atoms with E-state index in [0.717, 1.165) is 29.0 Å². The average molecular weight is 374 g/mol. The van der Waals surface area contributed by atoms with Crippen LogP contribution in [0.25, 0.3) is 10.1 Å². The summed E-state index contributed by atoms with van der Waals surface area (Å²) in [6, 6.07) is 12.9. The van der Waals surface area contributed by atoms with Gasteiger partial charge in [0.1, 0.15) is 11.6 Å². The van der Waals surface area contributed by atoms with E-state index in [-0.39, 0.29) is 5.91 Å². The second-order valence-corrected chi connectivity index (χ2v) is 7.43. The molecule has 0 atom stereocenters. The molecule has 0 radical (unpaired) electrons. The zero-order valence-corrected chi connectivity index (χ0v) is 14.9. The lowest BCUT2D eigenvalue weighted by Crippen LogP contribution is -2.37. The van der Waals surface area contributed by atoms with Crippen LogP contribution >= 0.6 is 22.9 Å². The van der Waals surface area contributed by atoms with Crippen LogP contribution in [0, 0.1) is 0 Å². The van der Waals surface area contributed by atoms with E-state index in [2.05, 4.69) is 15.2 Å². The van der Waals surface area contributed by atoms with Gasteiger partial charge < -0.3 is 15.0 Å². The van der Waals surface area contributed by atoms with E-state index in [1.165, 1.54) is 11.3 Å². The molecule has 0 spiro atoms. The summed E-state index contributed by atoms with van der Waals surface area (Å²) in [5, 5.41) is 3.90. The number of thiophene rings is 1. The minimum Gasteiger partial charge on any atom is -0.378 e. The Hall–Kier alpha value is -2.15. The Bertz CT molecular complexity index is 907. The van der Waals surface area contributed by atoms with Crippen molar-refractivity contribution >= 4 is 50.6 Å². The van der Waals surface area contributed by atoms with Gasteiger partial charge in [0, 0.05) is 28.7 Å². The van der Waals surface area contributed by atoms with E-state index >= 15 is 0 Å². The number of morpholine rings is 1. The molecule has 7 heteroatoms. The zero-order chi connectivity index (χ0) is 17.2. The predicted octanol–water partition coefficient (Wildman–Crippen LogP) is 4.04. The molecule has 0 unspecified atom stereocenters. The van der Waals surface area contributed by atoms with Crippen LogP contribution in [0.5, 0.6) is 0 Å². The number of ether oxygens (including phenoxy) is 1. The highest BCUT2D eigenvalue weighted by molar-refractivity contribution is 7.22. The number of carbonyl (C=O) groups excluding carboxylic acids is 1. The summed E-state index contributed by atoms with van der Waals surface area (Å²) in [7, 11) is 0. The lowest BCUT2D eigenvalue weighted by molar-refractivity contribution is 0.102. The summed E-state index contributed by atoms with van der Waals surface area (Å²) in [4.78, 5) is 19.3. The van der Waals surface area contributed by atoms with Crippen molar-refractivity contribution in [3.8, 4) is 0 Å². The molecule has 2 aromatic heterocycles. The van der Waals surface area contributed by atoms with Gasteiger partial charge in [-0.15, -0.1) is 11.3 Å². The molecule has 3 heterocycles. The van der Waals surface area contributed by atoms with Crippen LogP contribution in [0.4, 0.5) is 11.6 Å². The number of fused-ring (bicyclic) bond motifs is 1. The molecule has 1 saturated heterocycles. The number of benzene rings is 1. The van der Waals surface area contributed by atoms with E-state index in [0.29, 0.717) is 28.9 Å². The zero-order valence-electron chi connectivity index (χ0n) is 13.4. The molecule has 0 aliphatic carbocycles. The first-order valence-corrected chi connectivity index (χ1v) is 9.19. The summed E-state index contributed by atoms with van der Waals surface area (Å²) >= 11 is 7.69. The largest absolute Gasteiger partial charge is 0.378 e. The second-order valence-electron chi connectivity index (χ2n) is 5.71. The summed E-state index contributed by atoms with van der Waals surface area (Å²) in [5.41, 5.74) is 0.599. The number of rotatable bonds is 3. The average Bonchev–Trinajstić information content (AvgIpc) is 3.02. The topological polar surface area (TPSA) is 54.5 Å². The molecule has 1 aliphatic rings. The molecular weight excluding hydrogens is 358 g/mol. The van der Waals surface area contributed by atoms with Crippen molar-refractivity contribution in [1.82, 2.24) is 4.98 Å². The third-order valence-corrected chi connectivity index (χ3v) is 5.27. The number of carbonyl (C=O) groups is 1. The van der Waals surface area contributed by atoms with Gasteiger partial charge in [-0.25, -0.2) is 4.98 Å². The van der Waals surface area contributed by atoms with Crippen LogP contribution in [0.3, 0.4) is 0 Å². The maximum atomic E-state index is 12.4. The monoisotopic (exact) mass is 373 g/mol. The molecule has 0 bridgehead atoms. The van der Waals surface area contributed by atoms with E-state index < -0.39 is 0 Å². The van der Waals surface area contributed by atoms with Crippen LogP contribution in [-0.4, -0.2) is 37.2 Å². The Labute approximate surface area is 154 Å². The van der Waals surface area contributed by atoms with Crippen LogP contribution in [0.15, 0.2) is 42.5 Å². The Morgan fingerprint density at radius 1 is 1.20 bits per heavy atom. The van der Waals surface area contributed by atoms with Crippen molar-refractivity contribution in [3.05, 3.63) is 52.4 Å². The first-order chi connectivity index (χ1) is 12.2. The van der Waals surface area contributed by atoms with Crippen molar-refractivity contribution in [3.63, 3.8) is 0 Å². The van der Waals surface area contributed by atoms with E-state index in [9.17, 15) is 4.79 Å². The summed E-state index contributed by atoms with van der Waals surface area (Å²) < 4.78 is 7.14. The fourth-order valence-electron chi connectivity index (χ4n) is 2.85. The highest BCUT2D eigenvalue weighted by Gasteiger charge is 2.19. The molecule has 1 amide bonds. The quantitative estimate of drug-likeness (QED) is 0.752. The Morgan fingerprint density at radius 2 is 1.96 bits per heavy atom. The van der Waals surface area contributed by atoms with E-state index in [1.807, 2.05) is 30.3 Å². The first-order valence-electron chi connectivity index (χ1n) is 8.00. The van der Waals surface area contributed by atoms with Gasteiger partial charge in [0.05, 0.1) is 17.6 Å². The summed E-state index contributed by atoms with van der Waals surface area (Å²) in [5.74, 6) is 1.19. The molecule has 4 rings (SSSR count). The third-order valence-electron chi connectivity index (χ3n) is 4.05. The number of halogens is 1. The number of hydrogen-bond acceptors (Lipinski definition) is 5. The van der Waals surface area contributed by atoms with Gasteiger partial charge in [0.15, 0.2) is 0 Å². The van der Waals surface area contributed by atoms with E-state index in [1.54, 1.807) is 12.1 Å². The molecule has 5 nitrogen and oxygen atoms in total. The fraction of sp³-hybridized carbons (Fsp3) is 0.222. The van der Waals surface area contributed by atoms with Crippen LogP contribution in [-0.2, 0) is 4.74 Å². The highest BCUT2D eigenvalue weighted by atomic mass is 35.5. The third kappa shape index (κ3) is 3.46. The second kappa shape index (κ2) is 7.00. The van der Waals surface area contributed by atoms with Gasteiger partial charge >= 0.3 is 0 Å². The van der Waals surface area contributed by atoms with E-state index in [4.69, 9.17) is 16.3 Å². The minimum atomic E-state index is -0.178. The smallest absolute Gasteiger partial charge is 0.256 e. The Kier molecular flexibility index (Phi) is 4.57. The van der Waals surface area contributed by atoms with Crippen molar-refractivity contribution < 1.29 is 9.53 Å². The SMILES string of the molecule is O=C(Nc1cc2sc(Cl)cc2c(N2CCOCC2)n1)c1ccccc1. The molecule has 1 aromatic carbocycles. The maximum Gasteiger partial charge on any atom is 0.256 e. The molecule has 25 heavy (non-hydrogen) atoms. The molecule has 128 valence electrons. The molecule has 0 saturated carbocycles. The van der Waals surface area contributed by atoms with Gasteiger partial charge in [-0.2, -0.15) is 0 Å². The van der Waals surface area contributed by atoms with Gasteiger partial charge in [0.2, 0.25) is 0 Å². The van der Waals surface area contributed by atoms with Crippen molar-refractivity contribution in [1.29, 1.82) is 0 Å². The number of nitrogens with one attached hydrogen (secondary N) is 1. The number of amides is 1. The van der Waals surface area contributed by atoms with Crippen LogP contribution < -0.4 is 10.2 Å². The lowest BCUT2D eigenvalue weighted by Gasteiger charge is -2.28. The number of hydrogen-bond donors (Lipinski definition) is 1. The Balaban J connectivity index is 1.70. The first kappa shape index (κ1) is 16.3. The number of aromatic nitrogens is 1. The summed E-state index contributed by atoms with van der Waals surface area (Å²) in [6.45, 7) is 2.88. The Morgan fingerprint density at radius 3 is 2.72 bits per heavy atom. The fourth-order valence-corrected chi connectivity index (χ4v) is 4.02. The van der Waals surface area contributed by atoms with Crippen LogP contribution in [0.1, 0.15) is 10.4 Å². The molecule has 1 aliphatic heterocycles. The van der Waals surface area contributed by atoms with Crippen molar-refractivity contribution in [2.45, 2.75) is 0 Å². The van der Waals surface area contributed by atoms with Gasteiger partial charge in [-0.3, -0.25) is 4.79 Å². The number of anilines is 2.